The fraction of sp³-hybridized carbons (Fsp3) is 0.421. The van der Waals surface area contributed by atoms with Crippen LogP contribution in [0.4, 0.5) is 30.5 Å². The zero-order valence-electron chi connectivity index (χ0n) is 16.3. The van der Waals surface area contributed by atoms with Crippen molar-refractivity contribution in [3.63, 3.8) is 0 Å². The minimum Gasteiger partial charge on any atom is -0.378 e. The van der Waals surface area contributed by atoms with Gasteiger partial charge in [-0.3, -0.25) is 4.79 Å². The Morgan fingerprint density at radius 1 is 1.19 bits per heavy atom. The number of rotatable bonds is 3. The number of fused-ring (bicyclic) bond motifs is 1. The fourth-order valence-corrected chi connectivity index (χ4v) is 3.72. The average molecular weight is 438 g/mol. The van der Waals surface area contributed by atoms with E-state index in [-0.39, 0.29) is 42.9 Å². The lowest BCUT2D eigenvalue weighted by molar-refractivity contribution is -0.729. The molecule has 2 aliphatic rings. The third-order valence-electron chi connectivity index (χ3n) is 5.22. The molecule has 0 aliphatic carbocycles. The molecule has 1 aromatic heterocycles. The van der Waals surface area contributed by atoms with Gasteiger partial charge in [-0.2, -0.15) is 13.2 Å². The number of aryl methyl sites for hydroxylation is 1. The van der Waals surface area contributed by atoms with Crippen LogP contribution in [0.1, 0.15) is 28.0 Å². The first-order valence-electron chi connectivity index (χ1n) is 9.63. The number of aromatic nitrogens is 2. The third-order valence-corrected chi connectivity index (χ3v) is 5.22. The summed E-state index contributed by atoms with van der Waals surface area (Å²) in [4.78, 5) is 34.1. The van der Waals surface area contributed by atoms with Gasteiger partial charge in [0, 0.05) is 43.7 Å². The van der Waals surface area contributed by atoms with Gasteiger partial charge in [-0.05, 0) is 24.5 Å². The largest absolute Gasteiger partial charge is 0.434 e. The zero-order chi connectivity index (χ0) is 22.2. The van der Waals surface area contributed by atoms with Gasteiger partial charge in [-0.25, -0.2) is 15.2 Å². The Kier molecular flexibility index (Phi) is 5.48. The van der Waals surface area contributed by atoms with Crippen molar-refractivity contribution in [2.45, 2.75) is 19.0 Å². The molecule has 31 heavy (non-hydrogen) atoms. The summed E-state index contributed by atoms with van der Waals surface area (Å²) in [5.41, 5.74) is -0.669. The number of hydrogen-bond donors (Lipinski definition) is 1. The van der Waals surface area contributed by atoms with E-state index in [1.165, 1.54) is 28.0 Å². The van der Waals surface area contributed by atoms with Gasteiger partial charge in [0.15, 0.2) is 5.69 Å². The first kappa shape index (κ1) is 21.0. The van der Waals surface area contributed by atoms with Gasteiger partial charge in [-0.15, -0.1) is 0 Å². The number of halogens is 3. The van der Waals surface area contributed by atoms with E-state index in [2.05, 4.69) is 9.97 Å². The summed E-state index contributed by atoms with van der Waals surface area (Å²) in [7, 11) is 0. The van der Waals surface area contributed by atoms with E-state index >= 15 is 0 Å². The van der Waals surface area contributed by atoms with Crippen molar-refractivity contribution in [1.29, 1.82) is 0 Å². The van der Waals surface area contributed by atoms with Crippen LogP contribution in [0.15, 0.2) is 24.4 Å². The molecule has 1 saturated heterocycles. The number of carbonyl (C=O) groups excluding carboxylic acids is 1. The monoisotopic (exact) mass is 438 g/mol. The smallest absolute Gasteiger partial charge is 0.378 e. The molecule has 3 heterocycles. The highest BCUT2D eigenvalue weighted by Crippen LogP contribution is 2.36. The maximum absolute atomic E-state index is 13.8. The molecule has 1 fully saturated rings. The van der Waals surface area contributed by atoms with E-state index in [0.717, 1.165) is 6.20 Å². The number of nitrogens with zero attached hydrogens (tertiary/aromatic N) is 5. The number of hydrogen-bond acceptors (Lipinski definition) is 6. The summed E-state index contributed by atoms with van der Waals surface area (Å²) >= 11 is 0. The normalized spacial score (nSPS) is 16.7. The van der Waals surface area contributed by atoms with Crippen LogP contribution in [0.2, 0.25) is 0 Å². The highest BCUT2D eigenvalue weighted by Gasteiger charge is 2.40. The lowest BCUT2D eigenvalue weighted by atomic mass is 10.0. The molecule has 2 aliphatic heterocycles. The Morgan fingerprint density at radius 3 is 2.61 bits per heavy atom. The SMILES string of the molecule is O=C(c1cnc(N2CCCc3cc([N+](=O)O)ccc32)nc1C(F)(F)F)N1CCOCC1. The standard InChI is InChI=1S/C19H19F3N5O4/c20-19(21,22)16-14(17(28)25-6-8-31-9-7-25)11-23-18(24-16)26-5-1-2-12-10-13(27(29)30)3-4-15(12)26/h3-4,10-11H,1-2,5-9H2,(H,29,30)/q+1. The molecule has 1 N–H and O–H groups in total. The molecule has 4 rings (SSSR count). The van der Waals surface area contributed by atoms with Crippen molar-refractivity contribution < 1.29 is 32.8 Å². The summed E-state index contributed by atoms with van der Waals surface area (Å²) < 4.78 is 46.5. The topological polar surface area (TPSA) is 98.9 Å². The van der Waals surface area contributed by atoms with Crippen molar-refractivity contribution >= 4 is 23.2 Å². The second-order valence-corrected chi connectivity index (χ2v) is 7.18. The minimum atomic E-state index is -4.85. The maximum Gasteiger partial charge on any atom is 0.434 e. The van der Waals surface area contributed by atoms with Crippen LogP contribution < -0.4 is 4.90 Å². The molecule has 1 aromatic carbocycles. The summed E-state index contributed by atoms with van der Waals surface area (Å²) in [6.45, 7) is 1.27. The molecule has 0 bridgehead atoms. The van der Waals surface area contributed by atoms with E-state index < -0.39 is 23.3 Å². The second-order valence-electron chi connectivity index (χ2n) is 7.18. The number of ether oxygens (including phenoxy) is 1. The maximum atomic E-state index is 13.8. The molecule has 0 unspecified atom stereocenters. The summed E-state index contributed by atoms with van der Waals surface area (Å²) in [6.07, 6.45) is -2.77. The Hall–Kier alpha value is -3.28. The minimum absolute atomic E-state index is 0.0176. The number of benzene rings is 1. The van der Waals surface area contributed by atoms with Gasteiger partial charge in [0.05, 0.1) is 23.7 Å². The Balaban J connectivity index is 1.72. The van der Waals surface area contributed by atoms with Crippen LogP contribution in [0.5, 0.6) is 0 Å². The zero-order valence-corrected chi connectivity index (χ0v) is 16.3. The van der Waals surface area contributed by atoms with E-state index in [4.69, 9.17) is 9.94 Å². The van der Waals surface area contributed by atoms with Crippen molar-refractivity contribution in [2.75, 3.05) is 37.7 Å². The fourth-order valence-electron chi connectivity index (χ4n) is 3.72. The highest BCUT2D eigenvalue weighted by atomic mass is 19.4. The molecular weight excluding hydrogens is 419 g/mol. The number of carbonyl (C=O) groups is 1. The molecule has 0 radical (unpaired) electrons. The third kappa shape index (κ3) is 4.15. The van der Waals surface area contributed by atoms with Crippen molar-refractivity contribution in [2.24, 2.45) is 0 Å². The van der Waals surface area contributed by atoms with Gasteiger partial charge in [0.2, 0.25) is 5.95 Å². The Morgan fingerprint density at radius 2 is 1.94 bits per heavy atom. The van der Waals surface area contributed by atoms with E-state index in [0.29, 0.717) is 30.6 Å². The molecule has 1 amide bonds. The van der Waals surface area contributed by atoms with Gasteiger partial charge in [0.1, 0.15) is 0 Å². The number of morpholine rings is 1. The van der Waals surface area contributed by atoms with Crippen molar-refractivity contribution in [3.8, 4) is 0 Å². The average Bonchev–Trinajstić information content (AvgIpc) is 2.77. The van der Waals surface area contributed by atoms with Gasteiger partial charge in [-0.1, -0.05) is 0 Å². The molecule has 164 valence electrons. The van der Waals surface area contributed by atoms with E-state index in [1.54, 1.807) is 0 Å². The molecule has 2 aromatic rings. The van der Waals surface area contributed by atoms with Crippen LogP contribution >= 0.6 is 0 Å². The number of alkyl halides is 3. The van der Waals surface area contributed by atoms with E-state index in [9.17, 15) is 22.9 Å². The summed E-state index contributed by atoms with van der Waals surface area (Å²) in [6, 6.07) is 4.34. The molecule has 0 spiro atoms. The quantitative estimate of drug-likeness (QED) is 0.736. The molecule has 0 atom stereocenters. The van der Waals surface area contributed by atoms with Gasteiger partial charge < -0.3 is 14.5 Å². The molecule has 12 heteroatoms. The Bertz CT molecular complexity index is 1020. The number of anilines is 2. The predicted molar refractivity (Wildman–Crippen MR) is 101 cm³/mol. The molecule has 0 saturated carbocycles. The first-order chi connectivity index (χ1) is 14.8. The summed E-state index contributed by atoms with van der Waals surface area (Å²) in [5.74, 6) is -0.980. The van der Waals surface area contributed by atoms with E-state index in [1.807, 2.05) is 0 Å². The lowest BCUT2D eigenvalue weighted by Gasteiger charge is -2.30. The predicted octanol–water partition coefficient (Wildman–Crippen LogP) is 2.85. The van der Waals surface area contributed by atoms with Crippen LogP contribution in [0.25, 0.3) is 0 Å². The summed E-state index contributed by atoms with van der Waals surface area (Å²) in [5, 5.41) is 9.09. The number of amides is 1. The molecule has 9 nitrogen and oxygen atoms in total. The van der Waals surface area contributed by atoms with Gasteiger partial charge in [0.25, 0.3) is 10.8 Å². The van der Waals surface area contributed by atoms with Crippen molar-refractivity contribution in [3.05, 3.63) is 46.1 Å². The Labute approximate surface area is 174 Å². The van der Waals surface area contributed by atoms with Crippen molar-refractivity contribution in [1.82, 2.24) is 14.9 Å². The first-order valence-corrected chi connectivity index (χ1v) is 9.63. The second kappa shape index (κ2) is 8.10. The lowest BCUT2D eigenvalue weighted by Crippen LogP contribution is -2.41. The van der Waals surface area contributed by atoms with Crippen LogP contribution in [0, 0.1) is 4.91 Å². The van der Waals surface area contributed by atoms with Crippen LogP contribution in [0.3, 0.4) is 0 Å². The van der Waals surface area contributed by atoms with Crippen LogP contribution in [-0.4, -0.2) is 63.8 Å². The molecular formula is C19H19F3N5O4+. The highest BCUT2D eigenvalue weighted by molar-refractivity contribution is 5.95. The van der Waals surface area contributed by atoms with Gasteiger partial charge >= 0.3 is 11.9 Å². The van der Waals surface area contributed by atoms with Crippen LogP contribution in [-0.2, 0) is 17.3 Å².